The molecule has 0 atom stereocenters. The molecule has 0 aliphatic heterocycles. The Kier molecular flexibility index (Phi) is 2.99. The third-order valence-electron chi connectivity index (χ3n) is 3.12. The number of methoxy groups -OCH3 is 1. The topological polar surface area (TPSA) is 42.4 Å². The Morgan fingerprint density at radius 1 is 1.10 bits per heavy atom. The second-order valence-corrected chi connectivity index (χ2v) is 4.39. The highest BCUT2D eigenvalue weighted by atomic mass is 19.1. The van der Waals surface area contributed by atoms with Gasteiger partial charge in [0.2, 0.25) is 0 Å². The molecule has 0 saturated carbocycles. The molecule has 0 aliphatic rings. The Bertz CT molecular complexity index is 787. The zero-order valence-corrected chi connectivity index (χ0v) is 10.8. The minimum absolute atomic E-state index is 0.0169. The predicted octanol–water partition coefficient (Wildman–Crippen LogP) is 3.76. The lowest BCUT2D eigenvalue weighted by Gasteiger charge is -2.09. The molecule has 3 nitrogen and oxygen atoms in total. The van der Waals surface area contributed by atoms with E-state index in [0.717, 1.165) is 5.56 Å². The number of rotatable bonds is 2. The van der Waals surface area contributed by atoms with Gasteiger partial charge in [0.05, 0.1) is 18.3 Å². The molecule has 3 rings (SSSR count). The summed E-state index contributed by atoms with van der Waals surface area (Å²) in [6.07, 6.45) is 0. The lowest BCUT2D eigenvalue weighted by molar-refractivity contribution is 0.416. The number of phenolic OH excluding ortho intramolecular Hbond substituents is 1. The first-order valence-corrected chi connectivity index (χ1v) is 6.11. The van der Waals surface area contributed by atoms with E-state index in [4.69, 9.17) is 4.74 Å². The van der Waals surface area contributed by atoms with Crippen LogP contribution in [-0.4, -0.2) is 17.2 Å². The van der Waals surface area contributed by atoms with Crippen LogP contribution in [0.25, 0.3) is 22.2 Å². The van der Waals surface area contributed by atoms with Gasteiger partial charge in [-0.05, 0) is 30.3 Å². The van der Waals surface area contributed by atoms with Crippen molar-refractivity contribution in [3.8, 4) is 22.8 Å². The molecule has 3 aromatic rings. The molecule has 4 heteroatoms. The van der Waals surface area contributed by atoms with Crippen molar-refractivity contribution in [1.29, 1.82) is 0 Å². The van der Waals surface area contributed by atoms with Crippen molar-refractivity contribution in [3.05, 3.63) is 54.3 Å². The van der Waals surface area contributed by atoms with E-state index in [1.165, 1.54) is 18.2 Å². The summed E-state index contributed by atoms with van der Waals surface area (Å²) < 4.78 is 19.4. The molecule has 1 N–H and O–H groups in total. The zero-order chi connectivity index (χ0) is 14.1. The monoisotopic (exact) mass is 269 g/mol. The SMILES string of the molecule is COc1ccccc1-c1cc(F)c2cc(O)ccc2n1. The van der Waals surface area contributed by atoms with Crippen LogP contribution in [0.1, 0.15) is 0 Å². The quantitative estimate of drug-likeness (QED) is 0.770. The average molecular weight is 269 g/mol. The van der Waals surface area contributed by atoms with Gasteiger partial charge < -0.3 is 9.84 Å². The fraction of sp³-hybridized carbons (Fsp3) is 0.0625. The van der Waals surface area contributed by atoms with Gasteiger partial charge >= 0.3 is 0 Å². The number of ether oxygens (including phenoxy) is 1. The molecule has 20 heavy (non-hydrogen) atoms. The van der Waals surface area contributed by atoms with E-state index >= 15 is 0 Å². The molecule has 1 heterocycles. The minimum Gasteiger partial charge on any atom is -0.508 e. The van der Waals surface area contributed by atoms with Gasteiger partial charge in [-0.15, -0.1) is 0 Å². The van der Waals surface area contributed by atoms with Crippen molar-refractivity contribution in [2.75, 3.05) is 7.11 Å². The van der Waals surface area contributed by atoms with Crippen molar-refractivity contribution in [2.24, 2.45) is 0 Å². The van der Waals surface area contributed by atoms with Gasteiger partial charge in [0.25, 0.3) is 0 Å². The van der Waals surface area contributed by atoms with Crippen molar-refractivity contribution in [2.45, 2.75) is 0 Å². The number of aromatic hydroxyl groups is 1. The van der Waals surface area contributed by atoms with Crippen LogP contribution in [-0.2, 0) is 0 Å². The van der Waals surface area contributed by atoms with Gasteiger partial charge in [-0.25, -0.2) is 9.37 Å². The van der Waals surface area contributed by atoms with E-state index in [1.54, 1.807) is 19.2 Å². The summed E-state index contributed by atoms with van der Waals surface area (Å²) in [6.45, 7) is 0. The van der Waals surface area contributed by atoms with Crippen molar-refractivity contribution in [3.63, 3.8) is 0 Å². The molecular weight excluding hydrogens is 257 g/mol. The van der Waals surface area contributed by atoms with E-state index in [2.05, 4.69) is 4.98 Å². The summed E-state index contributed by atoms with van der Waals surface area (Å²) in [6, 6.07) is 13.1. The Morgan fingerprint density at radius 2 is 1.90 bits per heavy atom. The lowest BCUT2D eigenvalue weighted by atomic mass is 10.1. The highest BCUT2D eigenvalue weighted by Crippen LogP contribution is 2.31. The maximum Gasteiger partial charge on any atom is 0.134 e. The third kappa shape index (κ3) is 2.05. The third-order valence-corrected chi connectivity index (χ3v) is 3.12. The van der Waals surface area contributed by atoms with Crippen LogP contribution in [0, 0.1) is 5.82 Å². The molecule has 2 aromatic carbocycles. The Labute approximate surface area is 115 Å². The molecule has 0 bridgehead atoms. The van der Waals surface area contributed by atoms with Gasteiger partial charge in [0.15, 0.2) is 0 Å². The van der Waals surface area contributed by atoms with Crippen LogP contribution in [0.5, 0.6) is 11.5 Å². The number of halogens is 1. The smallest absolute Gasteiger partial charge is 0.134 e. The van der Waals surface area contributed by atoms with Crippen molar-refractivity contribution in [1.82, 2.24) is 4.98 Å². The molecule has 0 spiro atoms. The maximum atomic E-state index is 14.2. The highest BCUT2D eigenvalue weighted by Gasteiger charge is 2.11. The van der Waals surface area contributed by atoms with Gasteiger partial charge in [0, 0.05) is 17.0 Å². The highest BCUT2D eigenvalue weighted by molar-refractivity contribution is 5.84. The van der Waals surface area contributed by atoms with Gasteiger partial charge in [-0.2, -0.15) is 0 Å². The number of para-hydroxylation sites is 1. The van der Waals surface area contributed by atoms with Gasteiger partial charge in [-0.1, -0.05) is 12.1 Å². The summed E-state index contributed by atoms with van der Waals surface area (Å²) in [5.74, 6) is 0.229. The second-order valence-electron chi connectivity index (χ2n) is 4.39. The standard InChI is InChI=1S/C16H12FNO2/c1-20-16-5-3-2-4-11(16)15-9-13(17)12-8-10(19)6-7-14(12)18-15/h2-9,19H,1H3. The van der Waals surface area contributed by atoms with Gasteiger partial charge in [0.1, 0.15) is 17.3 Å². The molecule has 1 aromatic heterocycles. The number of hydrogen-bond donors (Lipinski definition) is 1. The van der Waals surface area contributed by atoms with E-state index in [-0.39, 0.29) is 5.75 Å². The second kappa shape index (κ2) is 4.81. The lowest BCUT2D eigenvalue weighted by Crippen LogP contribution is -1.92. The zero-order valence-electron chi connectivity index (χ0n) is 10.8. The number of aromatic nitrogens is 1. The molecule has 100 valence electrons. The van der Waals surface area contributed by atoms with E-state index in [9.17, 15) is 9.50 Å². The van der Waals surface area contributed by atoms with E-state index in [1.807, 2.05) is 18.2 Å². The number of fused-ring (bicyclic) bond motifs is 1. The summed E-state index contributed by atoms with van der Waals surface area (Å²) in [5, 5.41) is 9.70. The fourth-order valence-electron chi connectivity index (χ4n) is 2.17. The Balaban J connectivity index is 2.25. The molecule has 0 unspecified atom stereocenters. The summed E-state index contributed by atoms with van der Waals surface area (Å²) in [7, 11) is 1.56. The minimum atomic E-state index is -0.424. The summed E-state index contributed by atoms with van der Waals surface area (Å²) >= 11 is 0. The predicted molar refractivity (Wildman–Crippen MR) is 75.4 cm³/mol. The normalized spacial score (nSPS) is 10.7. The molecule has 0 fully saturated rings. The van der Waals surface area contributed by atoms with E-state index < -0.39 is 5.82 Å². The first-order chi connectivity index (χ1) is 9.69. The molecule has 0 amide bonds. The van der Waals surface area contributed by atoms with Crippen LogP contribution in [0.2, 0.25) is 0 Å². The van der Waals surface area contributed by atoms with Crippen LogP contribution >= 0.6 is 0 Å². The Hall–Kier alpha value is -2.62. The molecular formula is C16H12FNO2. The number of benzene rings is 2. The number of pyridine rings is 1. The van der Waals surface area contributed by atoms with Crippen LogP contribution in [0.15, 0.2) is 48.5 Å². The number of hydrogen-bond acceptors (Lipinski definition) is 3. The maximum absolute atomic E-state index is 14.2. The fourth-order valence-corrected chi connectivity index (χ4v) is 2.17. The van der Waals surface area contributed by atoms with Crippen LogP contribution in [0.3, 0.4) is 0 Å². The number of nitrogens with zero attached hydrogens (tertiary/aromatic N) is 1. The molecule has 0 saturated heterocycles. The largest absolute Gasteiger partial charge is 0.508 e. The first kappa shape index (κ1) is 12.4. The number of phenols is 1. The first-order valence-electron chi connectivity index (χ1n) is 6.11. The van der Waals surface area contributed by atoms with Crippen LogP contribution < -0.4 is 4.74 Å². The van der Waals surface area contributed by atoms with Crippen molar-refractivity contribution < 1.29 is 14.2 Å². The van der Waals surface area contributed by atoms with E-state index in [0.29, 0.717) is 22.3 Å². The molecule has 0 aliphatic carbocycles. The molecule has 0 radical (unpaired) electrons. The summed E-state index contributed by atoms with van der Waals surface area (Å²) in [5.41, 5.74) is 1.71. The van der Waals surface area contributed by atoms with Gasteiger partial charge in [-0.3, -0.25) is 0 Å². The Morgan fingerprint density at radius 3 is 2.70 bits per heavy atom. The summed E-state index contributed by atoms with van der Waals surface area (Å²) in [4.78, 5) is 4.42. The van der Waals surface area contributed by atoms with Crippen LogP contribution in [0.4, 0.5) is 4.39 Å². The van der Waals surface area contributed by atoms with Crippen molar-refractivity contribution >= 4 is 10.9 Å². The average Bonchev–Trinajstić information content (AvgIpc) is 2.47.